The predicted octanol–water partition coefficient (Wildman–Crippen LogP) is 4.82. The lowest BCUT2D eigenvalue weighted by atomic mass is 10.1. The molecule has 7 nitrogen and oxygen atoms in total. The minimum absolute atomic E-state index is 0. The van der Waals surface area contributed by atoms with Crippen LogP contribution in [0.5, 0.6) is 0 Å². The summed E-state index contributed by atoms with van der Waals surface area (Å²) in [4.78, 5) is 23.4. The van der Waals surface area contributed by atoms with E-state index < -0.39 is 5.60 Å². The van der Waals surface area contributed by atoms with Crippen molar-refractivity contribution in [2.45, 2.75) is 91.2 Å². The van der Waals surface area contributed by atoms with Crippen molar-refractivity contribution in [2.75, 3.05) is 31.1 Å². The van der Waals surface area contributed by atoms with Crippen molar-refractivity contribution in [3.63, 3.8) is 0 Å². The quantitative estimate of drug-likeness (QED) is 0.137. The number of anilines is 1. The number of halogens is 1. The molecule has 1 fully saturated rings. The molecule has 0 spiro atoms. The number of unbranched alkanes of at least 4 members (excludes halogenated alkanes) is 3. The Kier molecular flexibility index (Phi) is 13.7. The lowest BCUT2D eigenvalue weighted by molar-refractivity contribution is -0.154. The fraction of sp³-hybridized carbons (Fsp3) is 0.720. The summed E-state index contributed by atoms with van der Waals surface area (Å²) in [5.74, 6) is 1.88. The van der Waals surface area contributed by atoms with E-state index in [2.05, 4.69) is 46.5 Å². The van der Waals surface area contributed by atoms with Crippen LogP contribution in [-0.4, -0.2) is 54.7 Å². The second-order valence-corrected chi connectivity index (χ2v) is 9.61. The zero-order valence-corrected chi connectivity index (χ0v) is 23.5. The zero-order valence-electron chi connectivity index (χ0n) is 21.2. The maximum absolute atomic E-state index is 11.7. The first-order valence-electron chi connectivity index (χ1n) is 12.2. The van der Waals surface area contributed by atoms with Gasteiger partial charge in [0.1, 0.15) is 11.4 Å². The molecule has 0 aliphatic carbocycles. The van der Waals surface area contributed by atoms with Crippen molar-refractivity contribution in [3.8, 4) is 0 Å². The van der Waals surface area contributed by atoms with Gasteiger partial charge in [-0.25, -0.2) is 4.98 Å². The molecule has 8 heteroatoms. The molecule has 0 bridgehead atoms. The fourth-order valence-electron chi connectivity index (χ4n) is 3.73. The van der Waals surface area contributed by atoms with Gasteiger partial charge in [0.05, 0.1) is 0 Å². The van der Waals surface area contributed by atoms with Gasteiger partial charge in [0.15, 0.2) is 5.96 Å². The lowest BCUT2D eigenvalue weighted by Crippen LogP contribution is -2.49. The highest BCUT2D eigenvalue weighted by atomic mass is 127. The topological polar surface area (TPSA) is 78.8 Å². The zero-order chi connectivity index (χ0) is 23.4. The van der Waals surface area contributed by atoms with Crippen LogP contribution in [-0.2, 0) is 9.53 Å². The van der Waals surface area contributed by atoms with E-state index in [9.17, 15) is 4.79 Å². The predicted molar refractivity (Wildman–Crippen MR) is 148 cm³/mol. The number of hydrogen-bond donors (Lipinski definition) is 2. The Balaban J connectivity index is 0.00000544. The number of piperidine rings is 1. The van der Waals surface area contributed by atoms with Gasteiger partial charge in [0.2, 0.25) is 0 Å². The average Bonchev–Trinajstić information content (AvgIpc) is 2.73. The van der Waals surface area contributed by atoms with E-state index in [1.165, 1.54) is 5.56 Å². The second-order valence-electron chi connectivity index (χ2n) is 9.61. The Morgan fingerprint density at radius 2 is 1.88 bits per heavy atom. The van der Waals surface area contributed by atoms with Crippen LogP contribution in [0.1, 0.15) is 78.2 Å². The maximum Gasteiger partial charge on any atom is 0.306 e. The summed E-state index contributed by atoms with van der Waals surface area (Å²) >= 11 is 0. The van der Waals surface area contributed by atoms with E-state index in [1.54, 1.807) is 0 Å². The SMILES string of the molecule is CCNC(=NCCCCCCC(=O)OC(C)(C)C)NC1CCN(c2ccc(C)cn2)CC1.I. The van der Waals surface area contributed by atoms with Gasteiger partial charge in [-0.1, -0.05) is 18.9 Å². The molecular weight excluding hydrogens is 529 g/mol. The number of aryl methyl sites for hydroxylation is 1. The van der Waals surface area contributed by atoms with Crippen LogP contribution in [0.25, 0.3) is 0 Å². The maximum atomic E-state index is 11.7. The Bertz CT molecular complexity index is 711. The van der Waals surface area contributed by atoms with Gasteiger partial charge >= 0.3 is 5.97 Å². The molecule has 1 saturated heterocycles. The standard InChI is InChI=1S/C25H43N5O2.HI/c1-6-26-24(27-16-10-8-7-9-11-23(31)32-25(3,4)5)29-21-14-17-30(18-15-21)22-13-12-20(2)19-28-22;/h12-13,19,21H,6-11,14-18H2,1-5H3,(H2,26,27,29);1H. The van der Waals surface area contributed by atoms with Gasteiger partial charge in [-0.3, -0.25) is 9.79 Å². The van der Waals surface area contributed by atoms with Crippen LogP contribution >= 0.6 is 24.0 Å². The number of nitrogens with zero attached hydrogens (tertiary/aromatic N) is 3. The molecule has 1 aliphatic heterocycles. The number of carbonyl (C=O) groups excluding carboxylic acids is 1. The van der Waals surface area contributed by atoms with Crippen molar-refractivity contribution in [1.82, 2.24) is 15.6 Å². The van der Waals surface area contributed by atoms with E-state index in [-0.39, 0.29) is 29.9 Å². The Morgan fingerprint density at radius 1 is 1.18 bits per heavy atom. The fourth-order valence-corrected chi connectivity index (χ4v) is 3.73. The first kappa shape index (κ1) is 29.5. The summed E-state index contributed by atoms with van der Waals surface area (Å²) in [6, 6.07) is 4.67. The summed E-state index contributed by atoms with van der Waals surface area (Å²) in [6.45, 7) is 13.5. The Hall–Kier alpha value is -1.58. The monoisotopic (exact) mass is 573 g/mol. The van der Waals surface area contributed by atoms with E-state index in [0.29, 0.717) is 12.5 Å². The van der Waals surface area contributed by atoms with Crippen molar-refractivity contribution < 1.29 is 9.53 Å². The molecule has 0 atom stereocenters. The third-order valence-corrected chi connectivity index (χ3v) is 5.38. The van der Waals surface area contributed by atoms with Crippen molar-refractivity contribution in [3.05, 3.63) is 23.9 Å². The Labute approximate surface area is 217 Å². The van der Waals surface area contributed by atoms with Gasteiger partial charge < -0.3 is 20.3 Å². The van der Waals surface area contributed by atoms with Gasteiger partial charge in [-0.05, 0) is 71.9 Å². The number of guanidine groups is 1. The van der Waals surface area contributed by atoms with Crippen LogP contribution in [0.4, 0.5) is 5.82 Å². The number of pyridine rings is 1. The van der Waals surface area contributed by atoms with Crippen LogP contribution in [0, 0.1) is 6.92 Å². The highest BCUT2D eigenvalue weighted by molar-refractivity contribution is 14.0. The van der Waals surface area contributed by atoms with Crippen LogP contribution in [0.15, 0.2) is 23.3 Å². The van der Waals surface area contributed by atoms with E-state index in [4.69, 9.17) is 9.73 Å². The third kappa shape index (κ3) is 12.5. The van der Waals surface area contributed by atoms with Gasteiger partial charge in [-0.15, -0.1) is 24.0 Å². The van der Waals surface area contributed by atoms with Crippen LogP contribution in [0.3, 0.4) is 0 Å². The summed E-state index contributed by atoms with van der Waals surface area (Å²) in [5.41, 5.74) is 0.801. The molecule has 1 aromatic heterocycles. The van der Waals surface area contributed by atoms with Crippen LogP contribution in [0.2, 0.25) is 0 Å². The largest absolute Gasteiger partial charge is 0.460 e. The van der Waals surface area contributed by atoms with Gasteiger partial charge in [-0.2, -0.15) is 0 Å². The number of rotatable bonds is 10. The number of ether oxygens (including phenoxy) is 1. The first-order valence-corrected chi connectivity index (χ1v) is 12.2. The highest BCUT2D eigenvalue weighted by Crippen LogP contribution is 2.18. The number of aliphatic imine (C=N–C) groups is 1. The molecule has 1 aliphatic rings. The van der Waals surface area contributed by atoms with Crippen molar-refractivity contribution in [2.24, 2.45) is 4.99 Å². The minimum Gasteiger partial charge on any atom is -0.460 e. The minimum atomic E-state index is -0.393. The number of aromatic nitrogens is 1. The lowest BCUT2D eigenvalue weighted by Gasteiger charge is -2.33. The van der Waals surface area contributed by atoms with E-state index in [0.717, 1.165) is 76.5 Å². The highest BCUT2D eigenvalue weighted by Gasteiger charge is 2.21. The van der Waals surface area contributed by atoms with E-state index in [1.807, 2.05) is 27.0 Å². The number of nitrogens with one attached hydrogen (secondary N) is 2. The van der Waals surface area contributed by atoms with Crippen molar-refractivity contribution in [1.29, 1.82) is 0 Å². The molecule has 0 radical (unpaired) electrons. The second kappa shape index (κ2) is 15.3. The first-order chi connectivity index (χ1) is 15.3. The molecule has 1 aromatic rings. The normalized spacial score (nSPS) is 15.1. The van der Waals surface area contributed by atoms with Gasteiger partial charge in [0.25, 0.3) is 0 Å². The third-order valence-electron chi connectivity index (χ3n) is 5.38. The molecule has 2 rings (SSSR count). The summed E-state index contributed by atoms with van der Waals surface area (Å²) in [6.07, 6.45) is 8.61. The summed E-state index contributed by atoms with van der Waals surface area (Å²) in [7, 11) is 0. The number of carbonyl (C=O) groups is 1. The molecular formula is C25H44IN5O2. The van der Waals surface area contributed by atoms with Crippen LogP contribution < -0.4 is 15.5 Å². The molecule has 0 saturated carbocycles. The van der Waals surface area contributed by atoms with E-state index >= 15 is 0 Å². The molecule has 2 N–H and O–H groups in total. The smallest absolute Gasteiger partial charge is 0.306 e. The molecule has 0 unspecified atom stereocenters. The Morgan fingerprint density at radius 3 is 2.48 bits per heavy atom. The average molecular weight is 574 g/mol. The number of esters is 1. The summed E-state index contributed by atoms with van der Waals surface area (Å²) in [5, 5.41) is 6.98. The molecule has 33 heavy (non-hydrogen) atoms. The van der Waals surface area contributed by atoms with Crippen molar-refractivity contribution >= 4 is 41.7 Å². The molecule has 0 aromatic carbocycles. The van der Waals surface area contributed by atoms with Gasteiger partial charge in [0, 0.05) is 44.8 Å². The number of hydrogen-bond acceptors (Lipinski definition) is 5. The molecule has 0 amide bonds. The molecule has 188 valence electrons. The summed E-state index contributed by atoms with van der Waals surface area (Å²) < 4.78 is 5.35. The molecule has 2 heterocycles.